The number of halogens is 1. The molecular formula is C21H23FN4O2. The molecule has 2 aromatic heterocycles. The van der Waals surface area contributed by atoms with Crippen LogP contribution in [0.3, 0.4) is 0 Å². The Bertz CT molecular complexity index is 957. The summed E-state index contributed by atoms with van der Waals surface area (Å²) in [4.78, 5) is 5.94. The van der Waals surface area contributed by atoms with E-state index in [1.807, 2.05) is 24.1 Å². The van der Waals surface area contributed by atoms with E-state index in [1.54, 1.807) is 31.3 Å². The molecule has 28 heavy (non-hydrogen) atoms. The van der Waals surface area contributed by atoms with Gasteiger partial charge < -0.3 is 14.4 Å². The summed E-state index contributed by atoms with van der Waals surface area (Å²) in [6.07, 6.45) is 4.19. The van der Waals surface area contributed by atoms with Gasteiger partial charge in [-0.3, -0.25) is 0 Å². The normalized spacial score (nSPS) is 19.5. The minimum Gasteiger partial charge on any atom is -0.507 e. The SMILES string of the molecule is Cc1ncc(-c2ccc(-c3ccc(N(C)[C@@H]4CCCC[C@@H]4F)nn3)c(O)c2)o1. The van der Waals surface area contributed by atoms with E-state index in [-0.39, 0.29) is 11.8 Å². The van der Waals surface area contributed by atoms with Crippen LogP contribution >= 0.6 is 0 Å². The van der Waals surface area contributed by atoms with Gasteiger partial charge in [-0.1, -0.05) is 18.9 Å². The monoisotopic (exact) mass is 382 g/mol. The van der Waals surface area contributed by atoms with Gasteiger partial charge in [0, 0.05) is 25.1 Å². The first-order valence-corrected chi connectivity index (χ1v) is 9.50. The number of hydrogen-bond donors (Lipinski definition) is 1. The van der Waals surface area contributed by atoms with Crippen LogP contribution in [-0.4, -0.2) is 39.5 Å². The molecule has 0 radical (unpaired) electrons. The van der Waals surface area contributed by atoms with Gasteiger partial charge in [-0.15, -0.1) is 10.2 Å². The largest absolute Gasteiger partial charge is 0.507 e. The van der Waals surface area contributed by atoms with Crippen LogP contribution in [0.1, 0.15) is 31.6 Å². The Hall–Kier alpha value is -2.96. The van der Waals surface area contributed by atoms with Crippen molar-refractivity contribution in [3.8, 4) is 28.3 Å². The van der Waals surface area contributed by atoms with Crippen LogP contribution in [0.5, 0.6) is 5.75 Å². The van der Waals surface area contributed by atoms with Crippen molar-refractivity contribution in [2.24, 2.45) is 0 Å². The highest BCUT2D eigenvalue weighted by molar-refractivity contribution is 5.72. The van der Waals surface area contributed by atoms with Crippen LogP contribution < -0.4 is 4.90 Å². The Morgan fingerprint density at radius 2 is 1.96 bits per heavy atom. The number of hydrogen-bond acceptors (Lipinski definition) is 6. The van der Waals surface area contributed by atoms with Gasteiger partial charge in [-0.25, -0.2) is 9.37 Å². The number of aryl methyl sites for hydroxylation is 1. The summed E-state index contributed by atoms with van der Waals surface area (Å²) in [5.74, 6) is 1.87. The lowest BCUT2D eigenvalue weighted by Gasteiger charge is -2.34. The molecule has 0 amide bonds. The summed E-state index contributed by atoms with van der Waals surface area (Å²) >= 11 is 0. The summed E-state index contributed by atoms with van der Waals surface area (Å²) in [7, 11) is 1.86. The van der Waals surface area contributed by atoms with Crippen LogP contribution in [0, 0.1) is 6.92 Å². The summed E-state index contributed by atoms with van der Waals surface area (Å²) < 4.78 is 19.7. The number of nitrogens with zero attached hydrogens (tertiary/aromatic N) is 4. The van der Waals surface area contributed by atoms with E-state index in [1.165, 1.54) is 0 Å². The lowest BCUT2D eigenvalue weighted by Crippen LogP contribution is -2.41. The Kier molecular flexibility index (Phi) is 4.98. The molecule has 1 N–H and O–H groups in total. The van der Waals surface area contributed by atoms with Crippen LogP contribution in [0.4, 0.5) is 10.2 Å². The molecule has 0 unspecified atom stereocenters. The van der Waals surface area contributed by atoms with Gasteiger partial charge in [0.05, 0.1) is 17.9 Å². The number of phenols is 1. The van der Waals surface area contributed by atoms with Crippen LogP contribution in [-0.2, 0) is 0 Å². The Labute approximate surface area is 163 Å². The molecule has 3 aromatic rings. The molecule has 1 saturated carbocycles. The van der Waals surface area contributed by atoms with E-state index >= 15 is 0 Å². The Morgan fingerprint density at radius 3 is 2.61 bits per heavy atom. The molecule has 6 nitrogen and oxygen atoms in total. The van der Waals surface area contributed by atoms with Crippen molar-refractivity contribution in [3.05, 3.63) is 42.4 Å². The van der Waals surface area contributed by atoms with Gasteiger partial charge in [-0.05, 0) is 37.1 Å². The quantitative estimate of drug-likeness (QED) is 0.714. The van der Waals surface area contributed by atoms with E-state index in [4.69, 9.17) is 4.42 Å². The molecule has 1 fully saturated rings. The second kappa shape index (κ2) is 7.58. The van der Waals surface area contributed by atoms with E-state index in [0.717, 1.165) is 24.8 Å². The van der Waals surface area contributed by atoms with Crippen molar-refractivity contribution in [1.82, 2.24) is 15.2 Å². The van der Waals surface area contributed by atoms with Gasteiger partial charge in [0.1, 0.15) is 11.9 Å². The molecule has 0 bridgehead atoms. The topological polar surface area (TPSA) is 75.3 Å². The molecule has 1 aromatic carbocycles. The first kappa shape index (κ1) is 18.4. The summed E-state index contributed by atoms with van der Waals surface area (Å²) in [6.45, 7) is 1.77. The smallest absolute Gasteiger partial charge is 0.191 e. The third-order valence-electron chi connectivity index (χ3n) is 5.34. The van der Waals surface area contributed by atoms with E-state index in [2.05, 4.69) is 15.2 Å². The van der Waals surface area contributed by atoms with Crippen molar-refractivity contribution in [2.45, 2.75) is 44.8 Å². The van der Waals surface area contributed by atoms with Crippen LogP contribution in [0.15, 0.2) is 40.9 Å². The molecule has 2 atom stereocenters. The Balaban J connectivity index is 1.55. The highest BCUT2D eigenvalue weighted by Crippen LogP contribution is 2.33. The standard InChI is InChI=1S/C21H23FN4O2/c1-13-23-12-20(28-13)14-7-8-15(19(27)11-14)17-9-10-21(25-24-17)26(2)18-6-4-3-5-16(18)22/h7-12,16,18,27H,3-6H2,1-2H3/t16-,18+/m0/s1. The fourth-order valence-corrected chi connectivity index (χ4v) is 3.73. The second-order valence-electron chi connectivity index (χ2n) is 7.23. The fourth-order valence-electron chi connectivity index (χ4n) is 3.73. The average molecular weight is 382 g/mol. The van der Waals surface area contributed by atoms with E-state index in [9.17, 15) is 9.50 Å². The number of benzene rings is 1. The van der Waals surface area contributed by atoms with E-state index < -0.39 is 6.17 Å². The molecule has 1 aliphatic rings. The molecule has 2 heterocycles. The van der Waals surface area contributed by atoms with Crippen molar-refractivity contribution in [2.75, 3.05) is 11.9 Å². The van der Waals surface area contributed by atoms with Crippen molar-refractivity contribution < 1.29 is 13.9 Å². The molecular weight excluding hydrogens is 359 g/mol. The van der Waals surface area contributed by atoms with Crippen molar-refractivity contribution in [1.29, 1.82) is 0 Å². The summed E-state index contributed by atoms with van der Waals surface area (Å²) in [5, 5.41) is 18.9. The predicted molar refractivity (Wildman–Crippen MR) is 105 cm³/mol. The molecule has 0 spiro atoms. The first-order valence-electron chi connectivity index (χ1n) is 9.50. The van der Waals surface area contributed by atoms with Crippen LogP contribution in [0.25, 0.3) is 22.6 Å². The predicted octanol–water partition coefficient (Wildman–Crippen LogP) is 4.53. The number of alkyl halides is 1. The number of aromatic nitrogens is 3. The maximum Gasteiger partial charge on any atom is 0.191 e. The van der Waals surface area contributed by atoms with Crippen molar-refractivity contribution >= 4 is 5.82 Å². The first-order chi connectivity index (χ1) is 13.5. The lowest BCUT2D eigenvalue weighted by atomic mass is 9.92. The zero-order valence-electron chi connectivity index (χ0n) is 16.0. The van der Waals surface area contributed by atoms with Gasteiger partial charge in [0.15, 0.2) is 17.5 Å². The molecule has 7 heteroatoms. The zero-order valence-corrected chi connectivity index (χ0v) is 16.0. The summed E-state index contributed by atoms with van der Waals surface area (Å²) in [6, 6.07) is 8.68. The molecule has 0 aliphatic heterocycles. The number of oxazole rings is 1. The minimum absolute atomic E-state index is 0.0815. The van der Waals surface area contributed by atoms with Gasteiger partial charge in [-0.2, -0.15) is 0 Å². The fraction of sp³-hybridized carbons (Fsp3) is 0.381. The third-order valence-corrected chi connectivity index (χ3v) is 5.34. The van der Waals surface area contributed by atoms with Gasteiger partial charge in [0.2, 0.25) is 0 Å². The highest BCUT2D eigenvalue weighted by atomic mass is 19.1. The molecule has 146 valence electrons. The summed E-state index contributed by atoms with van der Waals surface area (Å²) in [5.41, 5.74) is 1.86. The lowest BCUT2D eigenvalue weighted by molar-refractivity contribution is 0.213. The molecule has 1 aliphatic carbocycles. The maximum atomic E-state index is 14.2. The second-order valence-corrected chi connectivity index (χ2v) is 7.23. The number of rotatable bonds is 4. The van der Waals surface area contributed by atoms with Crippen molar-refractivity contribution in [3.63, 3.8) is 0 Å². The molecule has 4 rings (SSSR count). The minimum atomic E-state index is -0.837. The van der Waals surface area contributed by atoms with Crippen LogP contribution in [0.2, 0.25) is 0 Å². The maximum absolute atomic E-state index is 14.2. The van der Waals surface area contributed by atoms with Gasteiger partial charge >= 0.3 is 0 Å². The molecule has 0 saturated heterocycles. The zero-order chi connectivity index (χ0) is 19.7. The number of anilines is 1. The highest BCUT2D eigenvalue weighted by Gasteiger charge is 2.29. The number of phenolic OH excluding ortho intramolecular Hbond substituents is 1. The third kappa shape index (κ3) is 3.56. The van der Waals surface area contributed by atoms with E-state index in [0.29, 0.717) is 35.1 Å². The average Bonchev–Trinajstić information content (AvgIpc) is 3.14. The number of aromatic hydroxyl groups is 1. The van der Waals surface area contributed by atoms with Gasteiger partial charge in [0.25, 0.3) is 0 Å². The Morgan fingerprint density at radius 1 is 1.14 bits per heavy atom.